The summed E-state index contributed by atoms with van der Waals surface area (Å²) >= 11 is 0. The molecule has 0 radical (unpaired) electrons. The van der Waals surface area contributed by atoms with E-state index in [1.165, 1.54) is 10.9 Å². The molecule has 0 aliphatic carbocycles. The summed E-state index contributed by atoms with van der Waals surface area (Å²) < 4.78 is 5.30. The Kier molecular flexibility index (Phi) is 5.56. The van der Waals surface area contributed by atoms with Crippen LogP contribution in [0.25, 0.3) is 22.0 Å². The zero-order chi connectivity index (χ0) is 23.9. The standard InChI is InChI=1S/C30H31N3O2/c1-19-26(21-9-13-25(35-2)14-10-21)6-4-7-27(19)30(34)33-23-11-12-24(33)17-20(16-23)15-22-5-3-8-29-28(22)18-31-32-29/h3-10,13-14,18,20,23-24H,11-12,15-17H2,1-2H3,(H,31,32). The molecule has 4 aromatic rings. The molecule has 1 amide bonds. The van der Waals surface area contributed by atoms with E-state index in [-0.39, 0.29) is 5.91 Å². The summed E-state index contributed by atoms with van der Waals surface area (Å²) in [6, 6.07) is 21.3. The Bertz CT molecular complexity index is 1360. The molecule has 2 atom stereocenters. The molecule has 1 N–H and O–H groups in total. The number of amides is 1. The Morgan fingerprint density at radius 1 is 1.03 bits per heavy atom. The average Bonchev–Trinajstić information content (AvgIpc) is 3.47. The van der Waals surface area contributed by atoms with E-state index >= 15 is 0 Å². The Labute approximate surface area is 206 Å². The highest BCUT2D eigenvalue weighted by Crippen LogP contribution is 2.42. The van der Waals surface area contributed by atoms with Crippen LogP contribution in [0.1, 0.15) is 47.2 Å². The smallest absolute Gasteiger partial charge is 0.254 e. The van der Waals surface area contributed by atoms with Gasteiger partial charge in [0.2, 0.25) is 0 Å². The first-order chi connectivity index (χ1) is 17.1. The van der Waals surface area contributed by atoms with Gasteiger partial charge in [0.15, 0.2) is 0 Å². The van der Waals surface area contributed by atoms with Gasteiger partial charge in [0.25, 0.3) is 5.91 Å². The van der Waals surface area contributed by atoms with Crippen LogP contribution in [0.5, 0.6) is 5.75 Å². The van der Waals surface area contributed by atoms with Crippen LogP contribution < -0.4 is 4.74 Å². The predicted octanol–water partition coefficient (Wildman–Crippen LogP) is 6.17. The van der Waals surface area contributed by atoms with E-state index < -0.39 is 0 Å². The summed E-state index contributed by atoms with van der Waals surface area (Å²) in [6.45, 7) is 2.08. The highest BCUT2D eigenvalue weighted by Gasteiger charge is 2.43. The van der Waals surface area contributed by atoms with E-state index in [1.54, 1.807) is 7.11 Å². The van der Waals surface area contributed by atoms with Crippen molar-refractivity contribution in [2.75, 3.05) is 7.11 Å². The number of ether oxygens (including phenoxy) is 1. The first kappa shape index (κ1) is 21.9. The van der Waals surface area contributed by atoms with Crippen LogP contribution in [-0.4, -0.2) is 40.2 Å². The fourth-order valence-electron chi connectivity index (χ4n) is 6.40. The fourth-order valence-corrected chi connectivity index (χ4v) is 6.40. The van der Waals surface area contributed by atoms with Crippen molar-refractivity contribution in [2.45, 2.75) is 51.1 Å². The number of hydrogen-bond acceptors (Lipinski definition) is 3. The van der Waals surface area contributed by atoms with Crippen molar-refractivity contribution >= 4 is 16.8 Å². The molecule has 2 aliphatic heterocycles. The molecule has 3 aromatic carbocycles. The maximum Gasteiger partial charge on any atom is 0.254 e. The molecule has 2 saturated heterocycles. The number of nitrogens with zero attached hydrogens (tertiary/aromatic N) is 2. The number of aromatic amines is 1. The van der Waals surface area contributed by atoms with Gasteiger partial charge in [0.05, 0.1) is 18.8 Å². The number of methoxy groups -OCH3 is 1. The molecule has 0 saturated carbocycles. The maximum atomic E-state index is 13.9. The van der Waals surface area contributed by atoms with E-state index in [0.717, 1.165) is 65.6 Å². The van der Waals surface area contributed by atoms with Crippen LogP contribution in [0.3, 0.4) is 0 Å². The molecule has 6 rings (SSSR count). The molecule has 1 aromatic heterocycles. The number of aromatic nitrogens is 2. The largest absolute Gasteiger partial charge is 0.497 e. The zero-order valence-electron chi connectivity index (χ0n) is 20.3. The lowest BCUT2D eigenvalue weighted by atomic mass is 9.84. The number of nitrogens with one attached hydrogen (secondary N) is 1. The lowest BCUT2D eigenvalue weighted by Gasteiger charge is -2.39. The van der Waals surface area contributed by atoms with Gasteiger partial charge in [-0.05, 0) is 91.5 Å². The highest BCUT2D eigenvalue weighted by molar-refractivity contribution is 5.98. The van der Waals surface area contributed by atoms with Gasteiger partial charge in [-0.25, -0.2) is 0 Å². The van der Waals surface area contributed by atoms with Crippen LogP contribution in [-0.2, 0) is 6.42 Å². The summed E-state index contributed by atoms with van der Waals surface area (Å²) in [5.41, 5.74) is 6.56. The van der Waals surface area contributed by atoms with Gasteiger partial charge >= 0.3 is 0 Å². The van der Waals surface area contributed by atoms with E-state index in [9.17, 15) is 4.79 Å². The van der Waals surface area contributed by atoms with Crippen LogP contribution in [0.4, 0.5) is 0 Å². The molecule has 35 heavy (non-hydrogen) atoms. The SMILES string of the molecule is COc1ccc(-c2cccc(C(=O)N3C4CCC3CC(Cc3cccc5[nH]ncc35)C4)c2C)cc1. The number of hydrogen-bond donors (Lipinski definition) is 1. The molecule has 2 aliphatic rings. The highest BCUT2D eigenvalue weighted by atomic mass is 16.5. The second-order valence-corrected chi connectivity index (χ2v) is 10.1. The summed E-state index contributed by atoms with van der Waals surface area (Å²) in [6.07, 6.45) is 7.37. The Hall–Kier alpha value is -3.60. The minimum Gasteiger partial charge on any atom is -0.497 e. The number of rotatable bonds is 5. The lowest BCUT2D eigenvalue weighted by Crippen LogP contribution is -2.47. The minimum absolute atomic E-state index is 0.195. The monoisotopic (exact) mass is 465 g/mol. The van der Waals surface area contributed by atoms with Gasteiger partial charge in [0, 0.05) is 23.0 Å². The molecule has 2 fully saturated rings. The van der Waals surface area contributed by atoms with Crippen molar-refractivity contribution in [3.8, 4) is 16.9 Å². The number of fused-ring (bicyclic) bond motifs is 3. The number of carbonyl (C=O) groups is 1. The van der Waals surface area contributed by atoms with Gasteiger partial charge in [-0.1, -0.05) is 36.4 Å². The second-order valence-electron chi connectivity index (χ2n) is 10.1. The molecule has 2 bridgehead atoms. The summed E-state index contributed by atoms with van der Waals surface area (Å²) in [5.74, 6) is 1.63. The van der Waals surface area contributed by atoms with E-state index in [4.69, 9.17) is 4.74 Å². The summed E-state index contributed by atoms with van der Waals surface area (Å²) in [4.78, 5) is 16.1. The quantitative estimate of drug-likeness (QED) is 0.383. The van der Waals surface area contributed by atoms with Crippen LogP contribution >= 0.6 is 0 Å². The van der Waals surface area contributed by atoms with Crippen molar-refractivity contribution in [3.05, 3.63) is 83.6 Å². The number of carbonyl (C=O) groups excluding carboxylic acids is 1. The molecule has 5 heteroatoms. The lowest BCUT2D eigenvalue weighted by molar-refractivity contribution is 0.0524. The molecular weight excluding hydrogens is 434 g/mol. The number of benzene rings is 3. The van der Waals surface area contributed by atoms with Gasteiger partial charge in [0.1, 0.15) is 5.75 Å². The van der Waals surface area contributed by atoms with Gasteiger partial charge in [-0.2, -0.15) is 5.10 Å². The first-order valence-corrected chi connectivity index (χ1v) is 12.6. The van der Waals surface area contributed by atoms with Crippen molar-refractivity contribution in [2.24, 2.45) is 5.92 Å². The van der Waals surface area contributed by atoms with Crippen LogP contribution in [0.2, 0.25) is 0 Å². The topological polar surface area (TPSA) is 58.2 Å². The Morgan fingerprint density at radius 3 is 2.51 bits per heavy atom. The third-order valence-electron chi connectivity index (χ3n) is 8.11. The van der Waals surface area contributed by atoms with Gasteiger partial charge in [-0.3, -0.25) is 9.89 Å². The first-order valence-electron chi connectivity index (χ1n) is 12.6. The zero-order valence-corrected chi connectivity index (χ0v) is 20.3. The maximum absolute atomic E-state index is 13.9. The predicted molar refractivity (Wildman–Crippen MR) is 139 cm³/mol. The fraction of sp³-hybridized carbons (Fsp3) is 0.333. The van der Waals surface area contributed by atoms with Gasteiger partial charge in [-0.15, -0.1) is 0 Å². The average molecular weight is 466 g/mol. The van der Waals surface area contributed by atoms with Crippen molar-refractivity contribution in [1.82, 2.24) is 15.1 Å². The number of piperidine rings is 1. The van der Waals surface area contributed by atoms with E-state index in [1.807, 2.05) is 30.5 Å². The van der Waals surface area contributed by atoms with E-state index in [2.05, 4.69) is 58.4 Å². The second kappa shape index (κ2) is 8.88. The van der Waals surface area contributed by atoms with E-state index in [0.29, 0.717) is 18.0 Å². The van der Waals surface area contributed by atoms with Crippen molar-refractivity contribution in [3.63, 3.8) is 0 Å². The van der Waals surface area contributed by atoms with Crippen LogP contribution in [0, 0.1) is 12.8 Å². The summed E-state index contributed by atoms with van der Waals surface area (Å²) in [5, 5.41) is 8.54. The molecule has 2 unspecified atom stereocenters. The van der Waals surface area contributed by atoms with Gasteiger partial charge < -0.3 is 9.64 Å². The minimum atomic E-state index is 0.195. The molecule has 178 valence electrons. The van der Waals surface area contributed by atoms with Crippen LogP contribution in [0.15, 0.2) is 66.9 Å². The molecule has 3 heterocycles. The third-order valence-corrected chi connectivity index (χ3v) is 8.11. The van der Waals surface area contributed by atoms with Crippen molar-refractivity contribution < 1.29 is 9.53 Å². The molecule has 5 nitrogen and oxygen atoms in total. The van der Waals surface area contributed by atoms with Crippen molar-refractivity contribution in [1.29, 1.82) is 0 Å². The number of H-pyrrole nitrogens is 1. The summed E-state index contributed by atoms with van der Waals surface area (Å²) in [7, 11) is 1.68. The third kappa shape index (κ3) is 3.89. The molecular formula is C30H31N3O2. The Morgan fingerprint density at radius 2 is 1.77 bits per heavy atom. The normalized spacial score (nSPS) is 21.4. The Balaban J connectivity index is 1.22. The molecule has 0 spiro atoms.